The van der Waals surface area contributed by atoms with Crippen molar-refractivity contribution in [3.05, 3.63) is 79.0 Å². The summed E-state index contributed by atoms with van der Waals surface area (Å²) < 4.78 is 0. The fraction of sp³-hybridized carbons (Fsp3) is 0.0500. The van der Waals surface area contributed by atoms with Crippen LogP contribution in [0.2, 0.25) is 0 Å². The van der Waals surface area contributed by atoms with Crippen molar-refractivity contribution >= 4 is 22.3 Å². The van der Waals surface area contributed by atoms with Crippen LogP contribution in [0.3, 0.4) is 0 Å². The van der Waals surface area contributed by atoms with E-state index in [1.54, 1.807) is 12.4 Å². The first-order valence-corrected chi connectivity index (χ1v) is 7.98. The van der Waals surface area contributed by atoms with Crippen molar-refractivity contribution in [2.75, 3.05) is 5.32 Å². The number of anilines is 1. The highest BCUT2D eigenvalue weighted by Crippen LogP contribution is 2.28. The lowest BCUT2D eigenvalue weighted by Gasteiger charge is -2.08. The Balaban J connectivity index is 1.69. The van der Waals surface area contributed by atoms with Gasteiger partial charge in [-0.2, -0.15) is 5.10 Å². The SMILES string of the molecule is C=C(Nc1ccc(C)nc1)c1n[nH]c2ccc(-c3cccnc3)cc12. The van der Waals surface area contributed by atoms with Gasteiger partial charge in [-0.25, -0.2) is 0 Å². The van der Waals surface area contributed by atoms with Crippen molar-refractivity contribution in [3.63, 3.8) is 0 Å². The van der Waals surface area contributed by atoms with Gasteiger partial charge in [-0.3, -0.25) is 15.1 Å². The molecule has 0 fully saturated rings. The van der Waals surface area contributed by atoms with E-state index in [1.807, 2.05) is 43.5 Å². The normalized spacial score (nSPS) is 10.8. The van der Waals surface area contributed by atoms with E-state index in [0.717, 1.165) is 44.8 Å². The van der Waals surface area contributed by atoms with E-state index in [4.69, 9.17) is 0 Å². The average molecular weight is 327 g/mol. The summed E-state index contributed by atoms with van der Waals surface area (Å²) in [5, 5.41) is 11.8. The maximum atomic E-state index is 4.42. The van der Waals surface area contributed by atoms with Crippen LogP contribution in [0.1, 0.15) is 11.4 Å². The smallest absolute Gasteiger partial charge is 0.116 e. The van der Waals surface area contributed by atoms with Crippen LogP contribution < -0.4 is 5.32 Å². The van der Waals surface area contributed by atoms with Crippen LogP contribution in [-0.4, -0.2) is 20.2 Å². The highest BCUT2D eigenvalue weighted by Gasteiger charge is 2.11. The lowest BCUT2D eigenvalue weighted by atomic mass is 10.0. The van der Waals surface area contributed by atoms with Crippen LogP contribution in [0.5, 0.6) is 0 Å². The molecule has 0 saturated heterocycles. The lowest BCUT2D eigenvalue weighted by molar-refractivity contribution is 1.10. The highest BCUT2D eigenvalue weighted by atomic mass is 15.1. The Morgan fingerprint density at radius 1 is 1.08 bits per heavy atom. The van der Waals surface area contributed by atoms with Gasteiger partial charge in [-0.05, 0) is 42.8 Å². The zero-order valence-electron chi connectivity index (χ0n) is 13.8. The predicted molar refractivity (Wildman–Crippen MR) is 101 cm³/mol. The largest absolute Gasteiger partial charge is 0.353 e. The Morgan fingerprint density at radius 3 is 2.76 bits per heavy atom. The maximum Gasteiger partial charge on any atom is 0.116 e. The third-order valence-corrected chi connectivity index (χ3v) is 4.05. The molecule has 1 aromatic carbocycles. The molecule has 5 nitrogen and oxygen atoms in total. The molecule has 3 heterocycles. The van der Waals surface area contributed by atoms with Crippen LogP contribution in [0.15, 0.2) is 67.6 Å². The molecule has 3 aromatic heterocycles. The number of rotatable bonds is 4. The molecular formula is C20H17N5. The summed E-state index contributed by atoms with van der Waals surface area (Å²) in [7, 11) is 0. The number of aromatic nitrogens is 4. The number of aromatic amines is 1. The zero-order chi connectivity index (χ0) is 17.2. The van der Waals surface area contributed by atoms with Gasteiger partial charge in [-0.1, -0.05) is 18.7 Å². The Hall–Kier alpha value is -3.47. The molecule has 122 valence electrons. The topological polar surface area (TPSA) is 66.5 Å². The zero-order valence-corrected chi connectivity index (χ0v) is 13.8. The predicted octanol–water partition coefficient (Wildman–Crippen LogP) is 4.41. The number of hydrogen-bond donors (Lipinski definition) is 2. The quantitative estimate of drug-likeness (QED) is 0.582. The highest BCUT2D eigenvalue weighted by molar-refractivity contribution is 5.94. The van der Waals surface area contributed by atoms with Gasteiger partial charge < -0.3 is 5.32 Å². The molecule has 0 radical (unpaired) electrons. The van der Waals surface area contributed by atoms with Crippen molar-refractivity contribution < 1.29 is 0 Å². The summed E-state index contributed by atoms with van der Waals surface area (Å²) >= 11 is 0. The van der Waals surface area contributed by atoms with E-state index in [1.165, 1.54) is 0 Å². The Morgan fingerprint density at radius 2 is 2.00 bits per heavy atom. The monoisotopic (exact) mass is 327 g/mol. The second-order valence-corrected chi connectivity index (χ2v) is 5.87. The van der Waals surface area contributed by atoms with E-state index in [2.05, 4.69) is 44.2 Å². The number of H-pyrrole nitrogens is 1. The van der Waals surface area contributed by atoms with Crippen molar-refractivity contribution in [2.45, 2.75) is 6.92 Å². The van der Waals surface area contributed by atoms with Crippen LogP contribution in [-0.2, 0) is 0 Å². The first-order chi connectivity index (χ1) is 12.2. The number of pyridine rings is 2. The minimum absolute atomic E-state index is 0.722. The Labute approximate surface area is 145 Å². The van der Waals surface area contributed by atoms with Crippen molar-refractivity contribution in [3.8, 4) is 11.1 Å². The fourth-order valence-electron chi connectivity index (χ4n) is 2.73. The third-order valence-electron chi connectivity index (χ3n) is 4.05. The molecule has 5 heteroatoms. The van der Waals surface area contributed by atoms with Gasteiger partial charge in [0.2, 0.25) is 0 Å². The molecule has 0 saturated carbocycles. The Bertz CT molecular complexity index is 1030. The number of aryl methyl sites for hydroxylation is 1. The van der Waals surface area contributed by atoms with Crippen LogP contribution in [0.25, 0.3) is 27.7 Å². The number of nitrogens with one attached hydrogen (secondary N) is 2. The maximum absolute atomic E-state index is 4.42. The summed E-state index contributed by atoms with van der Waals surface area (Å²) in [6.07, 6.45) is 5.41. The standard InChI is InChI=1S/C20H17N5/c1-13-5-7-17(12-22-13)23-14(2)20-18-10-15(6-8-19(18)24-25-20)16-4-3-9-21-11-16/h3-12,23H,2H2,1H3,(H,24,25). The van der Waals surface area contributed by atoms with Gasteiger partial charge >= 0.3 is 0 Å². The first-order valence-electron chi connectivity index (χ1n) is 7.98. The van der Waals surface area contributed by atoms with Crippen molar-refractivity contribution in [1.29, 1.82) is 0 Å². The van der Waals surface area contributed by atoms with Gasteiger partial charge in [-0.15, -0.1) is 0 Å². The molecule has 4 rings (SSSR count). The summed E-state index contributed by atoms with van der Waals surface area (Å²) in [5.41, 5.74) is 6.50. The van der Waals surface area contributed by atoms with Crippen LogP contribution >= 0.6 is 0 Å². The summed E-state index contributed by atoms with van der Waals surface area (Å²) in [5.74, 6) is 0. The number of hydrogen-bond acceptors (Lipinski definition) is 4. The molecule has 0 aliphatic carbocycles. The molecule has 0 amide bonds. The second-order valence-electron chi connectivity index (χ2n) is 5.87. The van der Waals surface area contributed by atoms with E-state index >= 15 is 0 Å². The molecular weight excluding hydrogens is 310 g/mol. The Kier molecular flexibility index (Phi) is 3.74. The molecule has 0 aliphatic heterocycles. The van der Waals surface area contributed by atoms with E-state index in [-0.39, 0.29) is 0 Å². The summed E-state index contributed by atoms with van der Waals surface area (Å²) in [6, 6.07) is 14.1. The number of benzene rings is 1. The molecule has 0 unspecified atom stereocenters. The summed E-state index contributed by atoms with van der Waals surface area (Å²) in [6.45, 7) is 6.09. The molecule has 4 aromatic rings. The van der Waals surface area contributed by atoms with Gasteiger partial charge in [0.1, 0.15) is 5.69 Å². The molecule has 0 aliphatic rings. The average Bonchev–Trinajstić information content (AvgIpc) is 3.07. The van der Waals surface area contributed by atoms with Gasteiger partial charge in [0.15, 0.2) is 0 Å². The van der Waals surface area contributed by atoms with Gasteiger partial charge in [0, 0.05) is 29.0 Å². The van der Waals surface area contributed by atoms with Crippen LogP contribution in [0.4, 0.5) is 5.69 Å². The van der Waals surface area contributed by atoms with Crippen molar-refractivity contribution in [2.24, 2.45) is 0 Å². The van der Waals surface area contributed by atoms with E-state index in [9.17, 15) is 0 Å². The van der Waals surface area contributed by atoms with Gasteiger partial charge in [0.05, 0.1) is 23.1 Å². The van der Waals surface area contributed by atoms with Crippen molar-refractivity contribution in [1.82, 2.24) is 20.2 Å². The van der Waals surface area contributed by atoms with E-state index < -0.39 is 0 Å². The minimum atomic E-state index is 0.722. The first kappa shape index (κ1) is 15.1. The van der Waals surface area contributed by atoms with E-state index in [0.29, 0.717) is 0 Å². The number of nitrogens with zero attached hydrogens (tertiary/aromatic N) is 3. The fourth-order valence-corrected chi connectivity index (χ4v) is 2.73. The minimum Gasteiger partial charge on any atom is -0.353 e. The second kappa shape index (κ2) is 6.20. The molecule has 0 spiro atoms. The lowest BCUT2D eigenvalue weighted by Crippen LogP contribution is -1.99. The van der Waals surface area contributed by atoms with Gasteiger partial charge in [0.25, 0.3) is 0 Å². The molecule has 2 N–H and O–H groups in total. The third kappa shape index (κ3) is 2.99. The number of fused-ring (bicyclic) bond motifs is 1. The molecule has 25 heavy (non-hydrogen) atoms. The molecule has 0 atom stereocenters. The summed E-state index contributed by atoms with van der Waals surface area (Å²) in [4.78, 5) is 8.48. The molecule has 0 bridgehead atoms. The van der Waals surface area contributed by atoms with Crippen LogP contribution in [0, 0.1) is 6.92 Å².